The molecule has 2 heteroatoms. The number of allylic oxidation sites excluding steroid dienone is 1. The average Bonchev–Trinajstić information content (AvgIpc) is 2.18. The number of halogens is 1. The summed E-state index contributed by atoms with van der Waals surface area (Å²) in [6.45, 7) is 5.67. The third kappa shape index (κ3) is 2.69. The van der Waals surface area contributed by atoms with Crippen LogP contribution >= 0.6 is 15.9 Å². The van der Waals surface area contributed by atoms with E-state index in [-0.39, 0.29) is 0 Å². The Morgan fingerprint density at radius 3 is 2.93 bits per heavy atom. The van der Waals surface area contributed by atoms with Crippen LogP contribution in [0.5, 0.6) is 0 Å². The number of aryl methyl sites for hydroxylation is 1. The molecule has 0 saturated carbocycles. The molecule has 1 nitrogen and oxygen atoms in total. The summed E-state index contributed by atoms with van der Waals surface area (Å²) in [5, 5.41) is 9.88. The molecule has 76 valence electrons. The Morgan fingerprint density at radius 2 is 2.29 bits per heavy atom. The number of aliphatic hydroxyl groups excluding tert-OH is 1. The van der Waals surface area contributed by atoms with E-state index in [1.165, 1.54) is 0 Å². The van der Waals surface area contributed by atoms with Crippen LogP contribution in [0.1, 0.15) is 30.1 Å². The van der Waals surface area contributed by atoms with Crippen LogP contribution in [-0.2, 0) is 0 Å². The zero-order valence-corrected chi connectivity index (χ0v) is 9.92. The first kappa shape index (κ1) is 11.5. The Kier molecular flexibility index (Phi) is 4.36. The Hall–Kier alpha value is -0.600. The first-order valence-electron chi connectivity index (χ1n) is 4.70. The van der Waals surface area contributed by atoms with Crippen molar-refractivity contribution in [3.05, 3.63) is 46.5 Å². The lowest BCUT2D eigenvalue weighted by Gasteiger charge is -2.13. The summed E-state index contributed by atoms with van der Waals surface area (Å²) in [4.78, 5) is 0. The van der Waals surface area contributed by atoms with Crippen LogP contribution in [-0.4, -0.2) is 5.11 Å². The largest absolute Gasteiger partial charge is 0.388 e. The van der Waals surface area contributed by atoms with E-state index in [4.69, 9.17) is 0 Å². The molecule has 0 aliphatic heterocycles. The molecule has 0 aliphatic rings. The summed E-state index contributed by atoms with van der Waals surface area (Å²) in [5.74, 6) is 0. The normalized spacial score (nSPS) is 12.5. The molecule has 1 rings (SSSR count). The van der Waals surface area contributed by atoms with E-state index in [1.807, 2.05) is 31.2 Å². The van der Waals surface area contributed by atoms with Gasteiger partial charge in [0.2, 0.25) is 0 Å². The number of hydrogen-bond acceptors (Lipinski definition) is 1. The number of benzene rings is 1. The SMILES string of the molecule is C=CCCC(O)c1cccc(C)c1Br. The molecule has 0 aromatic heterocycles. The monoisotopic (exact) mass is 254 g/mol. The maximum atomic E-state index is 9.88. The Labute approximate surface area is 93.6 Å². The molecule has 0 bridgehead atoms. The van der Waals surface area contributed by atoms with Gasteiger partial charge in [-0.2, -0.15) is 0 Å². The molecule has 0 fully saturated rings. The van der Waals surface area contributed by atoms with Crippen molar-refractivity contribution >= 4 is 15.9 Å². The van der Waals surface area contributed by atoms with E-state index in [9.17, 15) is 5.11 Å². The minimum Gasteiger partial charge on any atom is -0.388 e. The second-order valence-corrected chi connectivity index (χ2v) is 4.15. The fourth-order valence-electron chi connectivity index (χ4n) is 1.36. The molecule has 0 spiro atoms. The first-order chi connectivity index (χ1) is 6.66. The smallest absolute Gasteiger partial charge is 0.0804 e. The summed E-state index contributed by atoms with van der Waals surface area (Å²) >= 11 is 3.49. The van der Waals surface area contributed by atoms with Crippen LogP contribution < -0.4 is 0 Å². The summed E-state index contributed by atoms with van der Waals surface area (Å²) in [6, 6.07) is 5.94. The number of rotatable bonds is 4. The van der Waals surface area contributed by atoms with Gasteiger partial charge >= 0.3 is 0 Å². The van der Waals surface area contributed by atoms with E-state index >= 15 is 0 Å². The molecule has 0 aliphatic carbocycles. The van der Waals surface area contributed by atoms with Gasteiger partial charge in [-0.05, 0) is 30.9 Å². The summed E-state index contributed by atoms with van der Waals surface area (Å²) in [7, 11) is 0. The van der Waals surface area contributed by atoms with Crippen molar-refractivity contribution in [2.24, 2.45) is 0 Å². The van der Waals surface area contributed by atoms with Gasteiger partial charge in [-0.1, -0.05) is 40.2 Å². The predicted octanol–water partition coefficient (Wildman–Crippen LogP) is 3.76. The molecular weight excluding hydrogens is 240 g/mol. The Bertz CT molecular complexity index is 320. The quantitative estimate of drug-likeness (QED) is 0.812. The van der Waals surface area contributed by atoms with Crippen LogP contribution in [0.2, 0.25) is 0 Å². The second kappa shape index (κ2) is 5.32. The van der Waals surface area contributed by atoms with Crippen molar-refractivity contribution in [1.82, 2.24) is 0 Å². The third-order valence-electron chi connectivity index (χ3n) is 2.22. The topological polar surface area (TPSA) is 20.2 Å². The summed E-state index contributed by atoms with van der Waals surface area (Å²) in [5.41, 5.74) is 2.12. The Morgan fingerprint density at radius 1 is 1.57 bits per heavy atom. The van der Waals surface area contributed by atoms with Gasteiger partial charge in [-0.25, -0.2) is 0 Å². The average molecular weight is 255 g/mol. The third-order valence-corrected chi connectivity index (χ3v) is 3.31. The van der Waals surface area contributed by atoms with Crippen LogP contribution in [0, 0.1) is 6.92 Å². The minimum absolute atomic E-state index is 0.401. The van der Waals surface area contributed by atoms with E-state index < -0.39 is 6.10 Å². The lowest BCUT2D eigenvalue weighted by Crippen LogP contribution is -1.98. The Balaban J connectivity index is 2.83. The molecule has 1 aromatic rings. The van der Waals surface area contributed by atoms with Gasteiger partial charge in [0.05, 0.1) is 6.10 Å². The highest BCUT2D eigenvalue weighted by atomic mass is 79.9. The van der Waals surface area contributed by atoms with Crippen LogP contribution in [0.4, 0.5) is 0 Å². The fraction of sp³-hybridized carbons (Fsp3) is 0.333. The molecule has 1 N–H and O–H groups in total. The van der Waals surface area contributed by atoms with Crippen molar-refractivity contribution < 1.29 is 5.11 Å². The highest BCUT2D eigenvalue weighted by Crippen LogP contribution is 2.28. The molecule has 0 radical (unpaired) electrons. The van der Waals surface area contributed by atoms with Crippen LogP contribution in [0.3, 0.4) is 0 Å². The van der Waals surface area contributed by atoms with Crippen molar-refractivity contribution in [2.75, 3.05) is 0 Å². The van der Waals surface area contributed by atoms with E-state index in [0.717, 1.165) is 28.4 Å². The molecule has 0 heterocycles. The zero-order valence-electron chi connectivity index (χ0n) is 8.33. The van der Waals surface area contributed by atoms with E-state index in [0.29, 0.717) is 0 Å². The van der Waals surface area contributed by atoms with E-state index in [2.05, 4.69) is 22.5 Å². The van der Waals surface area contributed by atoms with E-state index in [1.54, 1.807) is 0 Å². The van der Waals surface area contributed by atoms with Gasteiger partial charge in [0.25, 0.3) is 0 Å². The van der Waals surface area contributed by atoms with Crippen LogP contribution in [0.25, 0.3) is 0 Å². The van der Waals surface area contributed by atoms with Crippen molar-refractivity contribution in [3.8, 4) is 0 Å². The highest BCUT2D eigenvalue weighted by molar-refractivity contribution is 9.10. The van der Waals surface area contributed by atoms with Gasteiger partial charge in [-0.3, -0.25) is 0 Å². The number of hydrogen-bond donors (Lipinski definition) is 1. The number of aliphatic hydroxyl groups is 1. The van der Waals surface area contributed by atoms with Crippen molar-refractivity contribution in [3.63, 3.8) is 0 Å². The lowest BCUT2D eigenvalue weighted by molar-refractivity contribution is 0.168. The maximum absolute atomic E-state index is 9.88. The van der Waals surface area contributed by atoms with Gasteiger partial charge in [0.1, 0.15) is 0 Å². The van der Waals surface area contributed by atoms with Gasteiger partial charge in [-0.15, -0.1) is 6.58 Å². The lowest BCUT2D eigenvalue weighted by atomic mass is 10.0. The summed E-state index contributed by atoms with van der Waals surface area (Å²) in [6.07, 6.45) is 2.99. The molecule has 0 amide bonds. The van der Waals surface area contributed by atoms with Gasteiger partial charge in [0.15, 0.2) is 0 Å². The predicted molar refractivity (Wildman–Crippen MR) is 63.3 cm³/mol. The molecule has 1 atom stereocenters. The zero-order chi connectivity index (χ0) is 10.6. The molecular formula is C12H15BrO. The fourth-order valence-corrected chi connectivity index (χ4v) is 1.89. The van der Waals surface area contributed by atoms with Gasteiger partial charge in [0, 0.05) is 4.47 Å². The molecule has 0 saturated heterocycles. The maximum Gasteiger partial charge on any atom is 0.0804 e. The van der Waals surface area contributed by atoms with Crippen molar-refractivity contribution in [2.45, 2.75) is 25.9 Å². The molecule has 14 heavy (non-hydrogen) atoms. The minimum atomic E-state index is -0.401. The first-order valence-corrected chi connectivity index (χ1v) is 5.50. The highest BCUT2D eigenvalue weighted by Gasteiger charge is 2.10. The van der Waals surface area contributed by atoms with Crippen molar-refractivity contribution in [1.29, 1.82) is 0 Å². The standard InChI is InChI=1S/C12H15BrO/c1-3-4-8-11(14)10-7-5-6-9(2)12(10)13/h3,5-7,11,14H,1,4,8H2,2H3. The summed E-state index contributed by atoms with van der Waals surface area (Å²) < 4.78 is 1.01. The molecule has 1 aromatic carbocycles. The van der Waals surface area contributed by atoms with Gasteiger partial charge < -0.3 is 5.11 Å². The second-order valence-electron chi connectivity index (χ2n) is 3.36. The molecule has 1 unspecified atom stereocenters. The van der Waals surface area contributed by atoms with Crippen LogP contribution in [0.15, 0.2) is 35.3 Å².